The Morgan fingerprint density at radius 1 is 1.56 bits per heavy atom. The molecule has 3 N–H and O–H groups in total. The van der Waals surface area contributed by atoms with Gasteiger partial charge in [0, 0.05) is 19.1 Å². The van der Waals surface area contributed by atoms with Crippen LogP contribution in [0.3, 0.4) is 0 Å². The third kappa shape index (κ3) is 3.00. The van der Waals surface area contributed by atoms with E-state index in [1.165, 1.54) is 0 Å². The lowest BCUT2D eigenvalue weighted by Crippen LogP contribution is -2.46. The van der Waals surface area contributed by atoms with E-state index in [4.69, 9.17) is 5.73 Å². The van der Waals surface area contributed by atoms with Gasteiger partial charge in [-0.2, -0.15) is 0 Å². The summed E-state index contributed by atoms with van der Waals surface area (Å²) in [6.45, 7) is 5.61. The van der Waals surface area contributed by atoms with Gasteiger partial charge in [-0.1, -0.05) is 6.92 Å². The smallest absolute Gasteiger partial charge is 0.0794 e. The number of hydrogen-bond donors (Lipinski definition) is 2. The van der Waals surface area contributed by atoms with Gasteiger partial charge in [0.05, 0.1) is 23.2 Å². The lowest BCUT2D eigenvalue weighted by Gasteiger charge is -2.38. The third-order valence-corrected chi connectivity index (χ3v) is 3.63. The number of pyridine rings is 1. The van der Waals surface area contributed by atoms with Gasteiger partial charge in [-0.05, 0) is 38.3 Å². The van der Waals surface area contributed by atoms with Gasteiger partial charge in [0.1, 0.15) is 0 Å². The number of piperidine rings is 1. The lowest BCUT2D eigenvalue weighted by molar-refractivity contribution is 0.0449. The fourth-order valence-corrected chi connectivity index (χ4v) is 2.45. The van der Waals surface area contributed by atoms with E-state index in [9.17, 15) is 5.11 Å². The molecule has 0 aromatic carbocycles. The summed E-state index contributed by atoms with van der Waals surface area (Å²) in [5.41, 5.74) is 7.37. The Morgan fingerprint density at radius 3 is 2.89 bits per heavy atom. The van der Waals surface area contributed by atoms with Gasteiger partial charge in [-0.3, -0.25) is 4.98 Å². The van der Waals surface area contributed by atoms with Crippen LogP contribution in [0.4, 0.5) is 5.69 Å². The highest BCUT2D eigenvalue weighted by atomic mass is 16.3. The maximum absolute atomic E-state index is 10.1. The first-order valence-electron chi connectivity index (χ1n) is 6.71. The zero-order valence-electron chi connectivity index (χ0n) is 11.3. The van der Waals surface area contributed by atoms with Crippen molar-refractivity contribution in [3.8, 4) is 0 Å². The van der Waals surface area contributed by atoms with Crippen LogP contribution in [0.1, 0.15) is 44.8 Å². The van der Waals surface area contributed by atoms with Gasteiger partial charge >= 0.3 is 0 Å². The quantitative estimate of drug-likeness (QED) is 0.858. The molecule has 4 nitrogen and oxygen atoms in total. The summed E-state index contributed by atoms with van der Waals surface area (Å²) >= 11 is 0. The number of rotatable bonds is 3. The normalized spacial score (nSPS) is 26.1. The Kier molecular flexibility index (Phi) is 3.88. The molecule has 1 aromatic heterocycles. The number of anilines is 1. The molecule has 1 saturated heterocycles. The zero-order valence-corrected chi connectivity index (χ0v) is 11.3. The summed E-state index contributed by atoms with van der Waals surface area (Å²) in [4.78, 5) is 6.62. The van der Waals surface area contributed by atoms with Crippen molar-refractivity contribution in [3.05, 3.63) is 24.0 Å². The molecule has 0 spiro atoms. The van der Waals surface area contributed by atoms with Gasteiger partial charge in [0.25, 0.3) is 0 Å². The molecule has 0 aliphatic carbocycles. The Bertz CT molecular complexity index is 389. The van der Waals surface area contributed by atoms with Crippen molar-refractivity contribution in [1.82, 2.24) is 4.98 Å². The van der Waals surface area contributed by atoms with E-state index in [0.29, 0.717) is 6.54 Å². The van der Waals surface area contributed by atoms with E-state index in [-0.39, 0.29) is 6.04 Å². The number of β-amino-alcohol motifs (C(OH)–C–C–N with tert-alkyl or cyclic N) is 1. The first-order valence-corrected chi connectivity index (χ1v) is 6.71. The molecule has 2 rings (SSSR count). The highest BCUT2D eigenvalue weighted by Crippen LogP contribution is 2.25. The number of aliphatic hydroxyl groups is 1. The van der Waals surface area contributed by atoms with Gasteiger partial charge in [0.15, 0.2) is 0 Å². The highest BCUT2D eigenvalue weighted by molar-refractivity contribution is 5.45. The van der Waals surface area contributed by atoms with E-state index < -0.39 is 5.60 Å². The number of nitrogens with two attached hydrogens (primary N) is 1. The molecule has 1 fully saturated rings. The second-order valence-electron chi connectivity index (χ2n) is 5.48. The van der Waals surface area contributed by atoms with E-state index in [0.717, 1.165) is 37.2 Å². The molecule has 1 aliphatic rings. The van der Waals surface area contributed by atoms with Crippen molar-refractivity contribution in [2.75, 3.05) is 18.0 Å². The first-order chi connectivity index (χ1) is 8.52. The molecule has 0 amide bonds. The molecule has 1 aromatic rings. The van der Waals surface area contributed by atoms with E-state index in [2.05, 4.69) is 22.9 Å². The zero-order chi connectivity index (χ0) is 13.2. The van der Waals surface area contributed by atoms with Crippen LogP contribution < -0.4 is 10.6 Å². The van der Waals surface area contributed by atoms with Crippen LogP contribution in [0.15, 0.2) is 18.3 Å². The lowest BCUT2D eigenvalue weighted by atomic mass is 9.95. The summed E-state index contributed by atoms with van der Waals surface area (Å²) in [5, 5.41) is 10.1. The molecular weight excluding hydrogens is 226 g/mol. The monoisotopic (exact) mass is 249 g/mol. The highest BCUT2D eigenvalue weighted by Gasteiger charge is 2.28. The maximum Gasteiger partial charge on any atom is 0.0794 e. The second kappa shape index (κ2) is 5.24. The van der Waals surface area contributed by atoms with Crippen molar-refractivity contribution >= 4 is 5.69 Å². The second-order valence-corrected chi connectivity index (χ2v) is 5.48. The minimum atomic E-state index is -0.587. The molecular formula is C14H23N3O. The molecule has 4 heteroatoms. The minimum absolute atomic E-state index is 0.0171. The fourth-order valence-electron chi connectivity index (χ4n) is 2.45. The topological polar surface area (TPSA) is 62.4 Å². The number of hydrogen-bond acceptors (Lipinski definition) is 4. The molecule has 2 unspecified atom stereocenters. The van der Waals surface area contributed by atoms with Gasteiger partial charge in [0.2, 0.25) is 0 Å². The van der Waals surface area contributed by atoms with Crippen LogP contribution in [0.25, 0.3) is 0 Å². The summed E-state index contributed by atoms with van der Waals surface area (Å²) in [5.74, 6) is 0. The van der Waals surface area contributed by atoms with E-state index in [1.54, 1.807) is 0 Å². The SMILES string of the molecule is CCC(N)c1ccc(N2CCCC(C)(O)C2)cn1. The number of aromatic nitrogens is 1. The summed E-state index contributed by atoms with van der Waals surface area (Å²) in [6, 6.07) is 4.06. The average Bonchev–Trinajstić information content (AvgIpc) is 2.37. The Labute approximate surface area is 109 Å². The third-order valence-electron chi connectivity index (χ3n) is 3.63. The van der Waals surface area contributed by atoms with Crippen LogP contribution in [0, 0.1) is 0 Å². The summed E-state index contributed by atoms with van der Waals surface area (Å²) in [7, 11) is 0. The van der Waals surface area contributed by atoms with E-state index in [1.807, 2.05) is 19.2 Å². The van der Waals surface area contributed by atoms with Crippen LogP contribution in [0.2, 0.25) is 0 Å². The Morgan fingerprint density at radius 2 is 2.33 bits per heavy atom. The van der Waals surface area contributed by atoms with Crippen molar-refractivity contribution in [1.29, 1.82) is 0 Å². The van der Waals surface area contributed by atoms with Gasteiger partial charge in [-0.15, -0.1) is 0 Å². The molecule has 1 aliphatic heterocycles. The summed E-state index contributed by atoms with van der Waals surface area (Å²) < 4.78 is 0. The molecule has 0 radical (unpaired) electrons. The molecule has 2 heterocycles. The van der Waals surface area contributed by atoms with Gasteiger partial charge < -0.3 is 15.7 Å². The van der Waals surface area contributed by atoms with Crippen molar-refractivity contribution in [3.63, 3.8) is 0 Å². The largest absolute Gasteiger partial charge is 0.388 e. The van der Waals surface area contributed by atoms with Crippen LogP contribution in [-0.2, 0) is 0 Å². The Balaban J connectivity index is 2.09. The van der Waals surface area contributed by atoms with Crippen molar-refractivity contribution < 1.29 is 5.11 Å². The fraction of sp³-hybridized carbons (Fsp3) is 0.643. The standard InChI is InChI=1S/C14H23N3O/c1-3-12(15)13-6-5-11(9-16-13)17-8-4-7-14(2,18)10-17/h5-6,9,12,18H,3-4,7-8,10,15H2,1-2H3. The van der Waals surface area contributed by atoms with Gasteiger partial charge in [-0.25, -0.2) is 0 Å². The predicted molar refractivity (Wildman–Crippen MR) is 73.5 cm³/mol. The van der Waals surface area contributed by atoms with Crippen LogP contribution >= 0.6 is 0 Å². The number of nitrogens with zero attached hydrogens (tertiary/aromatic N) is 2. The average molecular weight is 249 g/mol. The Hall–Kier alpha value is -1.13. The molecule has 18 heavy (non-hydrogen) atoms. The summed E-state index contributed by atoms with van der Waals surface area (Å²) in [6.07, 6.45) is 4.65. The molecule has 0 bridgehead atoms. The molecule has 100 valence electrons. The van der Waals surface area contributed by atoms with E-state index >= 15 is 0 Å². The van der Waals surface area contributed by atoms with Crippen LogP contribution in [-0.4, -0.2) is 28.8 Å². The van der Waals surface area contributed by atoms with Crippen molar-refractivity contribution in [2.45, 2.75) is 44.8 Å². The predicted octanol–water partition coefficient (Wildman–Crippen LogP) is 1.84. The van der Waals surface area contributed by atoms with Crippen molar-refractivity contribution in [2.24, 2.45) is 5.73 Å². The minimum Gasteiger partial charge on any atom is -0.388 e. The maximum atomic E-state index is 10.1. The first kappa shape index (κ1) is 13.3. The molecule has 0 saturated carbocycles. The molecule has 2 atom stereocenters. The van der Waals surface area contributed by atoms with Crippen LogP contribution in [0.5, 0.6) is 0 Å².